The third kappa shape index (κ3) is 2.64. The van der Waals surface area contributed by atoms with Crippen molar-refractivity contribution >= 4 is 0 Å². The van der Waals surface area contributed by atoms with E-state index < -0.39 is 0 Å². The minimum Gasteiger partial charge on any atom is -0.493 e. The molecule has 2 heteroatoms. The maximum absolute atomic E-state index is 5.93. The fraction of sp³-hybridized carbons (Fsp3) is 0.294. The first kappa shape index (κ1) is 12.2. The summed E-state index contributed by atoms with van der Waals surface area (Å²) in [5.41, 5.74) is 4.18. The fourth-order valence-electron chi connectivity index (χ4n) is 2.66. The Morgan fingerprint density at radius 2 is 2.05 bits per heavy atom. The van der Waals surface area contributed by atoms with E-state index >= 15 is 0 Å². The van der Waals surface area contributed by atoms with Gasteiger partial charge in [0.15, 0.2) is 0 Å². The Kier molecular flexibility index (Phi) is 3.51. The molecule has 98 valence electrons. The molecule has 2 aromatic rings. The zero-order valence-electron chi connectivity index (χ0n) is 11.2. The molecule has 0 saturated carbocycles. The summed E-state index contributed by atoms with van der Waals surface area (Å²) in [4.78, 5) is 0. The number of ether oxygens (including phenoxy) is 1. The summed E-state index contributed by atoms with van der Waals surface area (Å²) in [5, 5.41) is 3.16. The summed E-state index contributed by atoms with van der Waals surface area (Å²) in [7, 11) is 1.96. The lowest BCUT2D eigenvalue weighted by molar-refractivity contribution is 0.275. The van der Waals surface area contributed by atoms with Gasteiger partial charge in [-0.2, -0.15) is 0 Å². The quantitative estimate of drug-likeness (QED) is 0.884. The van der Waals surface area contributed by atoms with E-state index in [0.717, 1.165) is 25.3 Å². The summed E-state index contributed by atoms with van der Waals surface area (Å²) in [6, 6.07) is 16.9. The molecule has 3 rings (SSSR count). The van der Waals surface area contributed by atoms with Crippen LogP contribution in [0.3, 0.4) is 0 Å². The normalized spacial score (nSPS) is 16.6. The van der Waals surface area contributed by atoms with E-state index in [1.807, 2.05) is 13.1 Å². The van der Waals surface area contributed by atoms with Gasteiger partial charge in [-0.05, 0) is 42.3 Å². The van der Waals surface area contributed by atoms with Gasteiger partial charge >= 0.3 is 0 Å². The van der Waals surface area contributed by atoms with Crippen LogP contribution in [0.4, 0.5) is 0 Å². The average molecular weight is 253 g/mol. The highest BCUT2D eigenvalue weighted by Crippen LogP contribution is 2.35. The first-order chi connectivity index (χ1) is 9.36. The molecule has 0 radical (unpaired) electrons. The number of hydrogen-bond donors (Lipinski definition) is 1. The Bertz CT molecular complexity index is 565. The smallest absolute Gasteiger partial charge is 0.119 e. The van der Waals surface area contributed by atoms with E-state index in [2.05, 4.69) is 47.8 Å². The third-order valence-electron chi connectivity index (χ3n) is 3.69. The van der Waals surface area contributed by atoms with Crippen molar-refractivity contribution in [2.45, 2.75) is 18.9 Å². The lowest BCUT2D eigenvalue weighted by atomic mass is 9.78. The molecule has 0 aromatic heterocycles. The van der Waals surface area contributed by atoms with E-state index in [0.29, 0.717) is 5.92 Å². The molecule has 0 aliphatic heterocycles. The first-order valence-corrected chi connectivity index (χ1v) is 6.81. The second-order valence-corrected chi connectivity index (χ2v) is 5.09. The second-order valence-electron chi connectivity index (χ2n) is 5.09. The molecule has 2 nitrogen and oxygen atoms in total. The van der Waals surface area contributed by atoms with Gasteiger partial charge in [-0.25, -0.2) is 0 Å². The molecular formula is C17H19NO. The molecule has 0 fully saturated rings. The van der Waals surface area contributed by atoms with Crippen LogP contribution in [0.2, 0.25) is 0 Å². The number of benzene rings is 2. The van der Waals surface area contributed by atoms with Gasteiger partial charge in [0.1, 0.15) is 5.75 Å². The van der Waals surface area contributed by atoms with Crippen molar-refractivity contribution in [2.75, 3.05) is 13.7 Å². The Morgan fingerprint density at radius 3 is 2.89 bits per heavy atom. The summed E-state index contributed by atoms with van der Waals surface area (Å²) in [5.74, 6) is 1.53. The van der Waals surface area contributed by atoms with Gasteiger partial charge in [0, 0.05) is 12.5 Å². The van der Waals surface area contributed by atoms with Crippen molar-refractivity contribution in [3.05, 3.63) is 65.2 Å². The Morgan fingerprint density at radius 1 is 1.16 bits per heavy atom. The molecule has 0 amide bonds. The minimum absolute atomic E-state index is 0.559. The predicted octanol–water partition coefficient (Wildman–Crippen LogP) is 3.12. The summed E-state index contributed by atoms with van der Waals surface area (Å²) >= 11 is 0. The highest BCUT2D eigenvalue weighted by Gasteiger charge is 2.25. The Balaban J connectivity index is 1.60. The number of fused-ring (bicyclic) bond motifs is 1. The largest absolute Gasteiger partial charge is 0.493 e. The van der Waals surface area contributed by atoms with Crippen molar-refractivity contribution in [3.8, 4) is 5.75 Å². The second kappa shape index (κ2) is 5.45. The van der Waals surface area contributed by atoms with Crippen LogP contribution >= 0.6 is 0 Å². The van der Waals surface area contributed by atoms with Crippen LogP contribution in [0.5, 0.6) is 5.75 Å². The van der Waals surface area contributed by atoms with E-state index in [-0.39, 0.29) is 0 Å². The monoisotopic (exact) mass is 253 g/mol. The minimum atomic E-state index is 0.559. The maximum Gasteiger partial charge on any atom is 0.119 e. The average Bonchev–Trinajstić information content (AvgIpc) is 2.41. The lowest BCUT2D eigenvalue weighted by Gasteiger charge is -2.29. The molecule has 19 heavy (non-hydrogen) atoms. The molecule has 0 spiro atoms. The van der Waals surface area contributed by atoms with E-state index in [4.69, 9.17) is 4.74 Å². The number of nitrogens with one attached hydrogen (secondary N) is 1. The molecule has 2 aromatic carbocycles. The number of rotatable bonds is 5. The van der Waals surface area contributed by atoms with Crippen LogP contribution in [-0.4, -0.2) is 13.7 Å². The SMILES string of the molecule is CNCc1cccc(OCC2Cc3ccccc32)c1. The van der Waals surface area contributed by atoms with Crippen LogP contribution in [0.1, 0.15) is 22.6 Å². The van der Waals surface area contributed by atoms with E-state index in [1.165, 1.54) is 16.7 Å². The molecule has 1 N–H and O–H groups in total. The number of hydrogen-bond acceptors (Lipinski definition) is 2. The molecule has 1 aliphatic carbocycles. The van der Waals surface area contributed by atoms with Crippen LogP contribution in [0.25, 0.3) is 0 Å². The van der Waals surface area contributed by atoms with Gasteiger partial charge in [0.25, 0.3) is 0 Å². The van der Waals surface area contributed by atoms with Crippen LogP contribution in [0, 0.1) is 0 Å². The molecular weight excluding hydrogens is 234 g/mol. The van der Waals surface area contributed by atoms with Crippen molar-refractivity contribution in [2.24, 2.45) is 0 Å². The molecule has 0 bridgehead atoms. The zero-order valence-corrected chi connectivity index (χ0v) is 11.2. The molecule has 1 atom stereocenters. The third-order valence-corrected chi connectivity index (χ3v) is 3.69. The fourth-order valence-corrected chi connectivity index (χ4v) is 2.66. The Hall–Kier alpha value is -1.80. The molecule has 0 saturated heterocycles. The standard InChI is InChI=1S/C17H19NO/c1-18-11-13-5-4-7-16(9-13)19-12-15-10-14-6-2-3-8-17(14)15/h2-9,15,18H,10-12H2,1H3. The van der Waals surface area contributed by atoms with Gasteiger partial charge in [-0.3, -0.25) is 0 Å². The maximum atomic E-state index is 5.93. The molecule has 1 unspecified atom stereocenters. The van der Waals surface area contributed by atoms with E-state index in [9.17, 15) is 0 Å². The van der Waals surface area contributed by atoms with E-state index in [1.54, 1.807) is 0 Å². The van der Waals surface area contributed by atoms with Gasteiger partial charge in [-0.15, -0.1) is 0 Å². The van der Waals surface area contributed by atoms with Crippen molar-refractivity contribution in [3.63, 3.8) is 0 Å². The van der Waals surface area contributed by atoms with Crippen molar-refractivity contribution in [1.82, 2.24) is 5.32 Å². The van der Waals surface area contributed by atoms with Crippen LogP contribution in [-0.2, 0) is 13.0 Å². The van der Waals surface area contributed by atoms with Crippen LogP contribution < -0.4 is 10.1 Å². The predicted molar refractivity (Wildman–Crippen MR) is 77.6 cm³/mol. The Labute approximate surface area is 114 Å². The molecule has 1 aliphatic rings. The lowest BCUT2D eigenvalue weighted by Crippen LogP contribution is -2.23. The van der Waals surface area contributed by atoms with Gasteiger partial charge < -0.3 is 10.1 Å². The summed E-state index contributed by atoms with van der Waals surface area (Å²) in [6.07, 6.45) is 1.15. The summed E-state index contributed by atoms with van der Waals surface area (Å²) in [6.45, 7) is 1.66. The summed E-state index contributed by atoms with van der Waals surface area (Å²) < 4.78 is 5.93. The highest BCUT2D eigenvalue weighted by molar-refractivity contribution is 5.40. The van der Waals surface area contributed by atoms with Crippen LogP contribution in [0.15, 0.2) is 48.5 Å². The zero-order chi connectivity index (χ0) is 13.1. The van der Waals surface area contributed by atoms with Gasteiger partial charge in [0.2, 0.25) is 0 Å². The first-order valence-electron chi connectivity index (χ1n) is 6.81. The van der Waals surface area contributed by atoms with Gasteiger partial charge in [-0.1, -0.05) is 36.4 Å². The molecule has 0 heterocycles. The van der Waals surface area contributed by atoms with Crippen molar-refractivity contribution < 1.29 is 4.74 Å². The highest BCUT2D eigenvalue weighted by atomic mass is 16.5. The topological polar surface area (TPSA) is 21.3 Å². The van der Waals surface area contributed by atoms with Gasteiger partial charge in [0.05, 0.1) is 6.61 Å². The van der Waals surface area contributed by atoms with Crippen molar-refractivity contribution in [1.29, 1.82) is 0 Å².